The van der Waals surface area contributed by atoms with E-state index in [2.05, 4.69) is 17.3 Å². The smallest absolute Gasteiger partial charge is 0.291 e. The fourth-order valence-electron chi connectivity index (χ4n) is 3.19. The summed E-state index contributed by atoms with van der Waals surface area (Å²) in [6, 6.07) is 0.370. The largest absolute Gasteiger partial charge is 0.377 e. The molecule has 0 aromatic carbocycles. The molecular formula is C15H22ClN3O. The molecular weight excluding hydrogens is 274 g/mol. The van der Waals surface area contributed by atoms with Crippen LogP contribution in [0.4, 0.5) is 5.69 Å². The van der Waals surface area contributed by atoms with E-state index in [1.807, 2.05) is 0 Å². The lowest BCUT2D eigenvalue weighted by Crippen LogP contribution is -2.32. The first-order valence-electron chi connectivity index (χ1n) is 7.65. The van der Waals surface area contributed by atoms with E-state index < -0.39 is 0 Å². The number of nitrogens with zero attached hydrogens (tertiary/aromatic N) is 2. The van der Waals surface area contributed by atoms with Crippen LogP contribution in [0.3, 0.4) is 0 Å². The van der Waals surface area contributed by atoms with Crippen molar-refractivity contribution in [1.82, 2.24) is 9.78 Å². The van der Waals surface area contributed by atoms with Crippen molar-refractivity contribution in [3.05, 3.63) is 21.6 Å². The minimum atomic E-state index is -0.0658. The summed E-state index contributed by atoms with van der Waals surface area (Å²) in [5.74, 6) is 1.34. The normalized spacial score (nSPS) is 26.5. The number of aromatic nitrogens is 2. The molecule has 2 unspecified atom stereocenters. The zero-order valence-corrected chi connectivity index (χ0v) is 12.7. The van der Waals surface area contributed by atoms with Gasteiger partial charge in [-0.2, -0.15) is 5.10 Å². The van der Waals surface area contributed by atoms with Crippen molar-refractivity contribution in [2.45, 2.75) is 58.0 Å². The molecule has 2 aliphatic carbocycles. The van der Waals surface area contributed by atoms with Crippen LogP contribution in [0.25, 0.3) is 0 Å². The summed E-state index contributed by atoms with van der Waals surface area (Å²) < 4.78 is 1.58. The molecule has 0 aliphatic heterocycles. The molecule has 2 fully saturated rings. The van der Waals surface area contributed by atoms with Gasteiger partial charge in [0.05, 0.1) is 11.2 Å². The summed E-state index contributed by atoms with van der Waals surface area (Å²) in [6.07, 6.45) is 8.74. The standard InChI is InChI=1S/C15H22ClN3O/c1-10-5-6-12(7-10)18-14-13(16)8-17-19(15(14)20)9-11-3-2-4-11/h8,10-12,18H,2-7,9H2,1H3. The van der Waals surface area contributed by atoms with Crippen molar-refractivity contribution in [3.8, 4) is 0 Å². The monoisotopic (exact) mass is 295 g/mol. The zero-order chi connectivity index (χ0) is 14.1. The van der Waals surface area contributed by atoms with Crippen LogP contribution in [0.5, 0.6) is 0 Å². The van der Waals surface area contributed by atoms with Crippen LogP contribution in [0.1, 0.15) is 45.4 Å². The average Bonchev–Trinajstić information content (AvgIpc) is 2.77. The van der Waals surface area contributed by atoms with E-state index in [1.54, 1.807) is 10.9 Å². The van der Waals surface area contributed by atoms with Crippen LogP contribution in [-0.4, -0.2) is 15.8 Å². The molecule has 1 aromatic rings. The Balaban J connectivity index is 1.77. The molecule has 2 atom stereocenters. The third kappa shape index (κ3) is 2.85. The van der Waals surface area contributed by atoms with Crippen LogP contribution < -0.4 is 10.9 Å². The molecule has 0 radical (unpaired) electrons. The summed E-state index contributed by atoms with van der Waals surface area (Å²) in [4.78, 5) is 12.5. The molecule has 3 rings (SSSR count). The first kappa shape index (κ1) is 13.9. The summed E-state index contributed by atoms with van der Waals surface area (Å²) in [5.41, 5.74) is 0.476. The van der Waals surface area contributed by atoms with Gasteiger partial charge in [-0.3, -0.25) is 4.79 Å². The summed E-state index contributed by atoms with van der Waals surface area (Å²) in [5, 5.41) is 7.98. The Morgan fingerprint density at radius 2 is 2.20 bits per heavy atom. The van der Waals surface area contributed by atoms with Gasteiger partial charge < -0.3 is 5.32 Å². The highest BCUT2D eigenvalue weighted by atomic mass is 35.5. The third-order valence-electron chi connectivity index (χ3n) is 4.70. The van der Waals surface area contributed by atoms with Gasteiger partial charge in [0, 0.05) is 12.6 Å². The van der Waals surface area contributed by atoms with Gasteiger partial charge in [0.25, 0.3) is 5.56 Å². The van der Waals surface area contributed by atoms with Crippen molar-refractivity contribution in [3.63, 3.8) is 0 Å². The average molecular weight is 296 g/mol. The van der Waals surface area contributed by atoms with Crippen molar-refractivity contribution in [2.24, 2.45) is 11.8 Å². The maximum Gasteiger partial charge on any atom is 0.291 e. The van der Waals surface area contributed by atoms with Gasteiger partial charge in [-0.25, -0.2) is 4.68 Å². The molecule has 110 valence electrons. The molecule has 0 saturated heterocycles. The lowest BCUT2D eigenvalue weighted by Gasteiger charge is -2.25. The number of nitrogens with one attached hydrogen (secondary N) is 1. The van der Waals surface area contributed by atoms with E-state index in [0.717, 1.165) is 25.3 Å². The summed E-state index contributed by atoms with van der Waals surface area (Å²) in [7, 11) is 0. The number of hydrogen-bond donors (Lipinski definition) is 1. The predicted octanol–water partition coefficient (Wildman–Crippen LogP) is 3.30. The van der Waals surface area contributed by atoms with Crippen molar-refractivity contribution >= 4 is 17.3 Å². The van der Waals surface area contributed by atoms with Crippen LogP contribution >= 0.6 is 11.6 Å². The second-order valence-electron chi connectivity index (χ2n) is 6.41. The molecule has 2 aliphatic rings. The molecule has 1 aromatic heterocycles. The van der Waals surface area contributed by atoms with E-state index in [1.165, 1.54) is 25.7 Å². The first-order chi connectivity index (χ1) is 9.63. The van der Waals surface area contributed by atoms with Crippen molar-refractivity contribution < 1.29 is 0 Å². The molecule has 0 amide bonds. The fourth-order valence-corrected chi connectivity index (χ4v) is 3.37. The number of rotatable bonds is 4. The third-order valence-corrected chi connectivity index (χ3v) is 4.98. The first-order valence-corrected chi connectivity index (χ1v) is 8.03. The van der Waals surface area contributed by atoms with Gasteiger partial charge in [-0.15, -0.1) is 0 Å². The highest BCUT2D eigenvalue weighted by molar-refractivity contribution is 6.33. The topological polar surface area (TPSA) is 46.9 Å². The van der Waals surface area contributed by atoms with Gasteiger partial charge >= 0.3 is 0 Å². The molecule has 20 heavy (non-hydrogen) atoms. The maximum atomic E-state index is 12.5. The number of hydrogen-bond acceptors (Lipinski definition) is 3. The summed E-state index contributed by atoms with van der Waals surface area (Å²) in [6.45, 7) is 2.98. The van der Waals surface area contributed by atoms with E-state index in [9.17, 15) is 4.79 Å². The quantitative estimate of drug-likeness (QED) is 0.927. The van der Waals surface area contributed by atoms with E-state index in [-0.39, 0.29) is 5.56 Å². The molecule has 4 nitrogen and oxygen atoms in total. The van der Waals surface area contributed by atoms with Crippen LogP contribution in [0, 0.1) is 11.8 Å². The van der Waals surface area contributed by atoms with Gasteiger partial charge in [0.15, 0.2) is 0 Å². The fraction of sp³-hybridized carbons (Fsp3) is 0.733. The number of halogens is 1. The molecule has 0 bridgehead atoms. The summed E-state index contributed by atoms with van der Waals surface area (Å²) >= 11 is 6.16. The SMILES string of the molecule is CC1CCC(Nc2c(Cl)cnn(CC3CCC3)c2=O)C1. The highest BCUT2D eigenvalue weighted by Gasteiger charge is 2.24. The maximum absolute atomic E-state index is 12.5. The molecule has 5 heteroatoms. The molecule has 2 saturated carbocycles. The second-order valence-corrected chi connectivity index (χ2v) is 6.82. The lowest BCUT2D eigenvalue weighted by atomic mass is 9.85. The number of anilines is 1. The van der Waals surface area contributed by atoms with Crippen molar-refractivity contribution in [2.75, 3.05) is 5.32 Å². The Bertz CT molecular complexity index is 538. The van der Waals surface area contributed by atoms with Gasteiger partial charge in [0.1, 0.15) is 5.69 Å². The van der Waals surface area contributed by atoms with Crippen LogP contribution in [0.2, 0.25) is 5.02 Å². The molecule has 1 heterocycles. The van der Waals surface area contributed by atoms with E-state index in [4.69, 9.17) is 11.6 Å². The molecule has 1 N–H and O–H groups in total. The zero-order valence-electron chi connectivity index (χ0n) is 11.9. The van der Waals surface area contributed by atoms with Gasteiger partial charge in [-0.1, -0.05) is 24.9 Å². The van der Waals surface area contributed by atoms with E-state index in [0.29, 0.717) is 22.7 Å². The highest BCUT2D eigenvalue weighted by Crippen LogP contribution is 2.29. The van der Waals surface area contributed by atoms with Gasteiger partial charge in [-0.05, 0) is 43.9 Å². The Kier molecular flexibility index (Phi) is 4.01. The van der Waals surface area contributed by atoms with Gasteiger partial charge in [0.2, 0.25) is 0 Å². The minimum Gasteiger partial charge on any atom is -0.377 e. The minimum absolute atomic E-state index is 0.0658. The predicted molar refractivity (Wildman–Crippen MR) is 81.3 cm³/mol. The van der Waals surface area contributed by atoms with Crippen LogP contribution in [0.15, 0.2) is 11.0 Å². The lowest BCUT2D eigenvalue weighted by molar-refractivity contribution is 0.262. The van der Waals surface area contributed by atoms with Crippen molar-refractivity contribution in [1.29, 1.82) is 0 Å². The Hall–Kier alpha value is -1.03. The second kappa shape index (κ2) is 5.76. The van der Waals surface area contributed by atoms with E-state index >= 15 is 0 Å². The Morgan fingerprint density at radius 3 is 2.80 bits per heavy atom. The molecule has 0 spiro atoms. The van der Waals surface area contributed by atoms with Crippen LogP contribution in [-0.2, 0) is 6.54 Å². The Morgan fingerprint density at radius 1 is 1.40 bits per heavy atom. The Labute approximate surface area is 124 Å².